The Kier molecular flexibility index (Phi) is 5.15. The highest BCUT2D eigenvalue weighted by Crippen LogP contribution is 2.25. The first-order chi connectivity index (χ1) is 9.61. The number of benzene rings is 2. The minimum atomic E-state index is 0.412. The Balaban J connectivity index is 2.24. The van der Waals surface area contributed by atoms with Crippen molar-refractivity contribution in [2.75, 3.05) is 11.4 Å². The Morgan fingerprint density at radius 2 is 1.90 bits per heavy atom. The Morgan fingerprint density at radius 3 is 2.45 bits per heavy atom. The summed E-state index contributed by atoms with van der Waals surface area (Å²) < 4.78 is 0.939. The van der Waals surface area contributed by atoms with E-state index < -0.39 is 0 Å². The molecule has 0 aromatic heterocycles. The molecule has 0 aliphatic carbocycles. The van der Waals surface area contributed by atoms with Crippen LogP contribution in [0.4, 0.5) is 5.69 Å². The van der Waals surface area contributed by atoms with Crippen LogP contribution in [0, 0.1) is 0 Å². The largest absolute Gasteiger partial charge is 0.389 e. The molecular weight excluding hydrogens is 332 g/mol. The average molecular weight is 349 g/mol. The van der Waals surface area contributed by atoms with E-state index in [9.17, 15) is 0 Å². The highest BCUT2D eigenvalue weighted by Gasteiger charge is 2.09. The molecular formula is C16H17BrN2S. The summed E-state index contributed by atoms with van der Waals surface area (Å²) in [5.74, 6) is 0. The van der Waals surface area contributed by atoms with E-state index in [1.165, 1.54) is 5.56 Å². The van der Waals surface area contributed by atoms with Gasteiger partial charge in [-0.15, -0.1) is 0 Å². The van der Waals surface area contributed by atoms with Crippen molar-refractivity contribution in [3.05, 3.63) is 64.1 Å². The molecule has 0 unspecified atom stereocenters. The molecule has 0 aliphatic heterocycles. The predicted octanol–water partition coefficient (Wildman–Crippen LogP) is 4.11. The number of hydrogen-bond acceptors (Lipinski definition) is 2. The maximum Gasteiger partial charge on any atom is 0.105 e. The Labute approximate surface area is 133 Å². The molecule has 20 heavy (non-hydrogen) atoms. The number of nitrogens with zero attached hydrogens (tertiary/aromatic N) is 1. The lowest BCUT2D eigenvalue weighted by atomic mass is 10.1. The van der Waals surface area contributed by atoms with Gasteiger partial charge in [-0.2, -0.15) is 0 Å². The van der Waals surface area contributed by atoms with Crippen molar-refractivity contribution in [2.24, 2.45) is 5.73 Å². The van der Waals surface area contributed by atoms with Gasteiger partial charge in [0.15, 0.2) is 0 Å². The zero-order valence-corrected chi connectivity index (χ0v) is 13.7. The van der Waals surface area contributed by atoms with Gasteiger partial charge in [-0.1, -0.05) is 42.5 Å². The summed E-state index contributed by atoms with van der Waals surface area (Å²) in [6.45, 7) is 3.97. The van der Waals surface area contributed by atoms with Gasteiger partial charge in [-0.3, -0.25) is 0 Å². The van der Waals surface area contributed by atoms with E-state index in [1.54, 1.807) is 0 Å². The van der Waals surface area contributed by atoms with Crippen LogP contribution in [0.25, 0.3) is 0 Å². The van der Waals surface area contributed by atoms with Gasteiger partial charge in [0.05, 0.1) is 0 Å². The highest BCUT2D eigenvalue weighted by atomic mass is 79.9. The molecule has 0 radical (unpaired) electrons. The van der Waals surface area contributed by atoms with Gasteiger partial charge in [-0.05, 0) is 46.6 Å². The van der Waals surface area contributed by atoms with Crippen molar-refractivity contribution < 1.29 is 0 Å². The summed E-state index contributed by atoms with van der Waals surface area (Å²) in [5.41, 5.74) is 9.01. The van der Waals surface area contributed by atoms with Crippen molar-refractivity contribution in [1.82, 2.24) is 0 Å². The van der Waals surface area contributed by atoms with Gasteiger partial charge in [0.25, 0.3) is 0 Å². The molecule has 104 valence electrons. The van der Waals surface area contributed by atoms with Gasteiger partial charge < -0.3 is 10.6 Å². The molecule has 0 spiro atoms. The van der Waals surface area contributed by atoms with Gasteiger partial charge in [0, 0.05) is 28.8 Å². The van der Waals surface area contributed by atoms with E-state index in [0.29, 0.717) is 4.99 Å². The maximum absolute atomic E-state index is 5.68. The van der Waals surface area contributed by atoms with Gasteiger partial charge in [0.2, 0.25) is 0 Å². The predicted molar refractivity (Wildman–Crippen MR) is 93.2 cm³/mol. The number of thiocarbonyl (C=S) groups is 1. The zero-order chi connectivity index (χ0) is 14.5. The lowest BCUT2D eigenvalue weighted by Crippen LogP contribution is -2.22. The van der Waals surface area contributed by atoms with Crippen LogP contribution in [0.5, 0.6) is 0 Å². The summed E-state index contributed by atoms with van der Waals surface area (Å²) in [6.07, 6.45) is 0. The molecule has 0 saturated heterocycles. The summed E-state index contributed by atoms with van der Waals surface area (Å²) in [7, 11) is 0. The highest BCUT2D eigenvalue weighted by molar-refractivity contribution is 9.10. The minimum absolute atomic E-state index is 0.412. The molecule has 4 heteroatoms. The smallest absolute Gasteiger partial charge is 0.105 e. The average Bonchev–Trinajstić information content (AvgIpc) is 2.45. The Morgan fingerprint density at radius 1 is 1.20 bits per heavy atom. The zero-order valence-electron chi connectivity index (χ0n) is 11.3. The van der Waals surface area contributed by atoms with Crippen LogP contribution >= 0.6 is 28.1 Å². The fourth-order valence-corrected chi connectivity index (χ4v) is 2.98. The van der Waals surface area contributed by atoms with Crippen LogP contribution in [0.2, 0.25) is 0 Å². The molecule has 2 rings (SSSR count). The van der Waals surface area contributed by atoms with Crippen LogP contribution < -0.4 is 10.6 Å². The van der Waals surface area contributed by atoms with E-state index in [4.69, 9.17) is 18.0 Å². The number of anilines is 1. The van der Waals surface area contributed by atoms with Crippen LogP contribution in [0.3, 0.4) is 0 Å². The number of halogens is 1. The molecule has 0 bridgehead atoms. The van der Waals surface area contributed by atoms with Gasteiger partial charge in [-0.25, -0.2) is 0 Å². The Hall–Kier alpha value is -1.39. The third-order valence-corrected chi connectivity index (χ3v) is 4.06. The van der Waals surface area contributed by atoms with Crippen molar-refractivity contribution >= 4 is 38.8 Å². The quantitative estimate of drug-likeness (QED) is 0.824. The summed E-state index contributed by atoms with van der Waals surface area (Å²) in [5, 5.41) is 0. The Bertz CT molecular complexity index is 599. The third kappa shape index (κ3) is 3.58. The molecule has 0 saturated carbocycles. The van der Waals surface area contributed by atoms with Crippen molar-refractivity contribution in [1.29, 1.82) is 0 Å². The van der Waals surface area contributed by atoms with Crippen LogP contribution in [-0.2, 0) is 6.54 Å². The number of rotatable bonds is 5. The summed E-state index contributed by atoms with van der Waals surface area (Å²) in [6, 6.07) is 16.5. The molecule has 0 atom stereocenters. The first-order valence-electron chi connectivity index (χ1n) is 6.50. The van der Waals surface area contributed by atoms with Crippen molar-refractivity contribution in [3.8, 4) is 0 Å². The number of hydrogen-bond donors (Lipinski definition) is 1. The van der Waals surface area contributed by atoms with Crippen LogP contribution in [0.1, 0.15) is 18.1 Å². The second kappa shape index (κ2) is 6.86. The normalized spacial score (nSPS) is 10.3. The van der Waals surface area contributed by atoms with Crippen molar-refractivity contribution in [3.63, 3.8) is 0 Å². The second-order valence-electron chi connectivity index (χ2n) is 4.53. The van der Waals surface area contributed by atoms with E-state index in [2.05, 4.69) is 64.2 Å². The van der Waals surface area contributed by atoms with E-state index in [0.717, 1.165) is 28.8 Å². The lowest BCUT2D eigenvalue weighted by molar-refractivity contribution is 0.831. The molecule has 2 nitrogen and oxygen atoms in total. The summed E-state index contributed by atoms with van der Waals surface area (Å²) >= 11 is 8.56. The monoisotopic (exact) mass is 348 g/mol. The van der Waals surface area contributed by atoms with Crippen LogP contribution in [-0.4, -0.2) is 11.5 Å². The SMILES string of the molecule is CCN(Cc1ccccc1)c1ccc(C(N)=S)c(Br)c1. The lowest BCUT2D eigenvalue weighted by Gasteiger charge is -2.24. The van der Waals surface area contributed by atoms with Crippen molar-refractivity contribution in [2.45, 2.75) is 13.5 Å². The first kappa shape index (κ1) is 15.0. The molecule has 0 aliphatic rings. The summed E-state index contributed by atoms with van der Waals surface area (Å²) in [4.78, 5) is 2.72. The van der Waals surface area contributed by atoms with E-state index in [-0.39, 0.29) is 0 Å². The molecule has 2 aromatic rings. The maximum atomic E-state index is 5.68. The molecule has 0 amide bonds. The van der Waals surface area contributed by atoms with Gasteiger partial charge >= 0.3 is 0 Å². The standard InChI is InChI=1S/C16H17BrN2S/c1-2-19(11-12-6-4-3-5-7-12)13-8-9-14(16(18)20)15(17)10-13/h3-10H,2,11H2,1H3,(H2,18,20). The van der Waals surface area contributed by atoms with E-state index >= 15 is 0 Å². The fourth-order valence-electron chi connectivity index (χ4n) is 2.09. The topological polar surface area (TPSA) is 29.3 Å². The third-order valence-electron chi connectivity index (χ3n) is 3.18. The van der Waals surface area contributed by atoms with E-state index in [1.807, 2.05) is 12.1 Å². The van der Waals surface area contributed by atoms with Gasteiger partial charge in [0.1, 0.15) is 4.99 Å². The molecule has 0 heterocycles. The second-order valence-corrected chi connectivity index (χ2v) is 5.82. The fraction of sp³-hybridized carbons (Fsp3) is 0.188. The molecule has 0 fully saturated rings. The minimum Gasteiger partial charge on any atom is -0.389 e. The first-order valence-corrected chi connectivity index (χ1v) is 7.70. The van der Waals surface area contributed by atoms with Crippen LogP contribution in [0.15, 0.2) is 53.0 Å². The molecule has 2 aromatic carbocycles. The molecule has 2 N–H and O–H groups in total. The number of nitrogens with two attached hydrogens (primary N) is 1.